The summed E-state index contributed by atoms with van der Waals surface area (Å²) in [5.41, 5.74) is 2.54. The number of aromatic nitrogens is 3. The number of nitriles is 1. The van der Waals surface area contributed by atoms with E-state index >= 15 is 0 Å². The van der Waals surface area contributed by atoms with Gasteiger partial charge in [0.05, 0.1) is 11.4 Å². The van der Waals surface area contributed by atoms with Gasteiger partial charge in [-0.3, -0.25) is 4.79 Å². The summed E-state index contributed by atoms with van der Waals surface area (Å²) in [6.07, 6.45) is 3.55. The largest absolute Gasteiger partial charge is 0.282 e. The van der Waals surface area contributed by atoms with Crippen molar-refractivity contribution in [1.82, 2.24) is 15.2 Å². The maximum absolute atomic E-state index is 11.5. The summed E-state index contributed by atoms with van der Waals surface area (Å²) in [6.45, 7) is 1.70. The summed E-state index contributed by atoms with van der Waals surface area (Å²) in [5, 5.41) is 18.2. The fraction of sp³-hybridized carbons (Fsp3) is 0.0588. The fourth-order valence-corrected chi connectivity index (χ4v) is 3.31. The van der Waals surface area contributed by atoms with E-state index in [4.69, 9.17) is 5.26 Å². The smallest absolute Gasteiger partial charge is 0.267 e. The second kappa shape index (κ2) is 6.91. The van der Waals surface area contributed by atoms with Crippen LogP contribution in [-0.4, -0.2) is 15.2 Å². The highest BCUT2D eigenvalue weighted by atomic mass is 79.9. The zero-order valence-electron chi connectivity index (χ0n) is 12.6. The van der Waals surface area contributed by atoms with Gasteiger partial charge in [0, 0.05) is 15.4 Å². The van der Waals surface area contributed by atoms with Crippen molar-refractivity contribution < 1.29 is 0 Å². The quantitative estimate of drug-likeness (QED) is 0.722. The molecule has 3 rings (SSSR count). The molecule has 7 heteroatoms. The first-order valence-electron chi connectivity index (χ1n) is 6.97. The highest BCUT2D eigenvalue weighted by Gasteiger charge is 2.08. The van der Waals surface area contributed by atoms with Crippen molar-refractivity contribution in [3.05, 3.63) is 67.0 Å². The standard InChI is InChI=1S/C17H11BrN4OS/c1-10-14(8-19)16(23)22-21-15(10)6-5-13-9-24-17(20-13)11-3-2-4-12(18)7-11/h2-7,9H,1H3,(H,22,23)/b6-5+. The minimum atomic E-state index is -0.474. The first-order valence-corrected chi connectivity index (χ1v) is 8.64. The molecule has 1 N–H and O–H groups in total. The van der Waals surface area contributed by atoms with Gasteiger partial charge in [-0.2, -0.15) is 10.4 Å². The van der Waals surface area contributed by atoms with Crippen LogP contribution in [0.2, 0.25) is 0 Å². The number of nitrogens with one attached hydrogen (secondary N) is 1. The second-order valence-electron chi connectivity index (χ2n) is 4.97. The molecule has 0 atom stereocenters. The van der Waals surface area contributed by atoms with Crippen molar-refractivity contribution in [2.45, 2.75) is 6.92 Å². The van der Waals surface area contributed by atoms with Crippen LogP contribution in [0.25, 0.3) is 22.7 Å². The predicted octanol–water partition coefficient (Wildman–Crippen LogP) is 4.01. The summed E-state index contributed by atoms with van der Waals surface area (Å²) in [6, 6.07) is 9.85. The molecule has 2 aromatic heterocycles. The second-order valence-corrected chi connectivity index (χ2v) is 6.74. The lowest BCUT2D eigenvalue weighted by molar-refractivity contribution is 0.952. The maximum Gasteiger partial charge on any atom is 0.282 e. The fourth-order valence-electron chi connectivity index (χ4n) is 2.13. The maximum atomic E-state index is 11.5. The van der Waals surface area contributed by atoms with Crippen molar-refractivity contribution in [2.75, 3.05) is 0 Å². The molecule has 0 aliphatic carbocycles. The summed E-state index contributed by atoms with van der Waals surface area (Å²) in [4.78, 5) is 16.1. The Bertz CT molecular complexity index is 1030. The summed E-state index contributed by atoms with van der Waals surface area (Å²) in [7, 11) is 0. The van der Waals surface area contributed by atoms with Crippen LogP contribution < -0.4 is 5.56 Å². The lowest BCUT2D eigenvalue weighted by Crippen LogP contribution is -2.15. The van der Waals surface area contributed by atoms with Crippen molar-refractivity contribution in [3.8, 4) is 16.6 Å². The highest BCUT2D eigenvalue weighted by molar-refractivity contribution is 9.10. The van der Waals surface area contributed by atoms with E-state index < -0.39 is 5.56 Å². The molecule has 0 spiro atoms. The number of hydrogen-bond acceptors (Lipinski definition) is 5. The van der Waals surface area contributed by atoms with E-state index in [0.29, 0.717) is 11.3 Å². The van der Waals surface area contributed by atoms with Gasteiger partial charge >= 0.3 is 0 Å². The summed E-state index contributed by atoms with van der Waals surface area (Å²) < 4.78 is 1.00. The minimum absolute atomic E-state index is 0.0813. The van der Waals surface area contributed by atoms with Gasteiger partial charge in [-0.05, 0) is 36.8 Å². The molecule has 0 aliphatic rings. The van der Waals surface area contributed by atoms with Crippen LogP contribution in [0.15, 0.2) is 38.9 Å². The number of rotatable bonds is 3. The van der Waals surface area contributed by atoms with Gasteiger partial charge in [0.1, 0.15) is 16.6 Å². The molecule has 0 saturated heterocycles. The van der Waals surface area contributed by atoms with E-state index in [1.54, 1.807) is 24.3 Å². The van der Waals surface area contributed by atoms with Gasteiger partial charge in [-0.15, -0.1) is 11.3 Å². The Labute approximate surface area is 150 Å². The average molecular weight is 399 g/mol. The van der Waals surface area contributed by atoms with E-state index in [1.807, 2.05) is 41.8 Å². The van der Waals surface area contributed by atoms with Crippen LogP contribution in [0.4, 0.5) is 0 Å². The highest BCUT2D eigenvalue weighted by Crippen LogP contribution is 2.26. The van der Waals surface area contributed by atoms with Crippen molar-refractivity contribution >= 4 is 39.4 Å². The van der Waals surface area contributed by atoms with Crippen molar-refractivity contribution in [1.29, 1.82) is 5.26 Å². The van der Waals surface area contributed by atoms with Crippen LogP contribution in [0.3, 0.4) is 0 Å². The number of thiazole rings is 1. The van der Waals surface area contributed by atoms with Crippen LogP contribution in [0.1, 0.15) is 22.5 Å². The topological polar surface area (TPSA) is 82.4 Å². The first kappa shape index (κ1) is 16.3. The molecule has 0 unspecified atom stereocenters. The molecule has 0 aliphatic heterocycles. The molecule has 1 aromatic carbocycles. The SMILES string of the molecule is Cc1c(/C=C/c2csc(-c3cccc(Br)c3)n2)n[nH]c(=O)c1C#N. The Balaban J connectivity index is 1.89. The Morgan fingerprint density at radius 2 is 2.21 bits per heavy atom. The molecule has 3 aromatic rings. The zero-order chi connectivity index (χ0) is 17.1. The first-order chi connectivity index (χ1) is 11.6. The summed E-state index contributed by atoms with van der Waals surface area (Å²) in [5.74, 6) is 0. The normalized spacial score (nSPS) is 10.9. The third-order valence-electron chi connectivity index (χ3n) is 3.38. The molecule has 0 fully saturated rings. The van der Waals surface area contributed by atoms with Crippen LogP contribution in [0, 0.1) is 18.3 Å². The van der Waals surface area contributed by atoms with Gasteiger partial charge in [-0.1, -0.05) is 28.1 Å². The van der Waals surface area contributed by atoms with Gasteiger partial charge in [0.15, 0.2) is 0 Å². The third kappa shape index (κ3) is 3.35. The number of nitrogens with zero attached hydrogens (tertiary/aromatic N) is 3. The molecule has 118 valence electrons. The number of halogens is 1. The Morgan fingerprint density at radius 3 is 2.96 bits per heavy atom. The van der Waals surface area contributed by atoms with Gasteiger partial charge < -0.3 is 0 Å². The number of H-pyrrole nitrogens is 1. The van der Waals surface area contributed by atoms with E-state index in [2.05, 4.69) is 31.1 Å². The lowest BCUT2D eigenvalue weighted by atomic mass is 10.1. The molecular weight excluding hydrogens is 388 g/mol. The number of aromatic amines is 1. The molecule has 5 nitrogen and oxygen atoms in total. The van der Waals surface area contributed by atoms with Crippen molar-refractivity contribution in [3.63, 3.8) is 0 Å². The molecule has 0 saturated carbocycles. The van der Waals surface area contributed by atoms with Gasteiger partial charge in [-0.25, -0.2) is 10.1 Å². The summed E-state index contributed by atoms with van der Waals surface area (Å²) >= 11 is 5.00. The van der Waals surface area contributed by atoms with Gasteiger partial charge in [0.2, 0.25) is 0 Å². The molecule has 2 heterocycles. The van der Waals surface area contributed by atoms with E-state index in [-0.39, 0.29) is 5.56 Å². The average Bonchev–Trinajstić information content (AvgIpc) is 3.04. The van der Waals surface area contributed by atoms with E-state index in [0.717, 1.165) is 20.7 Å². The Kier molecular flexibility index (Phi) is 4.69. The van der Waals surface area contributed by atoms with E-state index in [1.165, 1.54) is 0 Å². The zero-order valence-corrected chi connectivity index (χ0v) is 15.0. The van der Waals surface area contributed by atoms with Crippen molar-refractivity contribution in [2.24, 2.45) is 0 Å². The Morgan fingerprint density at radius 1 is 1.38 bits per heavy atom. The van der Waals surface area contributed by atoms with Gasteiger partial charge in [0.25, 0.3) is 5.56 Å². The molecule has 24 heavy (non-hydrogen) atoms. The number of hydrogen-bond donors (Lipinski definition) is 1. The minimum Gasteiger partial charge on any atom is -0.267 e. The van der Waals surface area contributed by atoms with E-state index in [9.17, 15) is 4.79 Å². The molecule has 0 radical (unpaired) electrons. The molecule has 0 bridgehead atoms. The molecular formula is C17H11BrN4OS. The van der Waals surface area contributed by atoms with Crippen LogP contribution in [0.5, 0.6) is 0 Å². The van der Waals surface area contributed by atoms with Crippen LogP contribution in [-0.2, 0) is 0 Å². The van der Waals surface area contributed by atoms with Crippen LogP contribution >= 0.6 is 27.3 Å². The lowest BCUT2D eigenvalue weighted by Gasteiger charge is -1.99. The molecule has 0 amide bonds. The monoisotopic (exact) mass is 398 g/mol. The Hall–Kier alpha value is -2.56. The third-order valence-corrected chi connectivity index (χ3v) is 4.78. The number of benzene rings is 1. The predicted molar refractivity (Wildman–Crippen MR) is 98.5 cm³/mol.